The van der Waals surface area contributed by atoms with Gasteiger partial charge in [0, 0.05) is 33.9 Å². The molecule has 2 atom stereocenters. The second-order valence-corrected chi connectivity index (χ2v) is 5.23. The summed E-state index contributed by atoms with van der Waals surface area (Å²) in [6, 6.07) is -0.892. The lowest BCUT2D eigenvalue weighted by atomic mass is 9.93. The zero-order chi connectivity index (χ0) is 14.4. The number of urea groups is 1. The maximum Gasteiger partial charge on any atom is 0.326 e. The topological polar surface area (TPSA) is 70.1 Å². The van der Waals surface area contributed by atoms with E-state index in [2.05, 4.69) is 0 Å². The van der Waals surface area contributed by atoms with Crippen LogP contribution in [0.4, 0.5) is 4.79 Å². The van der Waals surface area contributed by atoms with Gasteiger partial charge in [-0.15, -0.1) is 0 Å². The average Bonchev–Trinajstić information content (AvgIpc) is 2.38. The van der Waals surface area contributed by atoms with Gasteiger partial charge in [-0.05, 0) is 25.2 Å². The molecule has 1 heterocycles. The Morgan fingerprint density at radius 3 is 2.74 bits per heavy atom. The predicted octanol–water partition coefficient (Wildman–Crippen LogP) is 1.26. The third kappa shape index (κ3) is 4.38. The lowest BCUT2D eigenvalue weighted by molar-refractivity contribution is -0.144. The van der Waals surface area contributed by atoms with Crippen molar-refractivity contribution >= 4 is 12.0 Å². The fraction of sp³-hybridized carbons (Fsp3) is 0.846. The maximum absolute atomic E-state index is 12.3. The maximum atomic E-state index is 12.3. The molecule has 1 N–H and O–H groups in total. The number of hydrogen-bond acceptors (Lipinski definition) is 3. The van der Waals surface area contributed by atoms with Crippen molar-refractivity contribution in [2.45, 2.75) is 32.2 Å². The Morgan fingerprint density at radius 1 is 1.47 bits per heavy atom. The Morgan fingerprint density at radius 2 is 2.16 bits per heavy atom. The first-order valence-electron chi connectivity index (χ1n) is 6.70. The molecule has 0 radical (unpaired) electrons. The first-order valence-corrected chi connectivity index (χ1v) is 6.70. The van der Waals surface area contributed by atoms with Crippen molar-refractivity contribution in [1.82, 2.24) is 9.80 Å². The number of piperidine rings is 1. The summed E-state index contributed by atoms with van der Waals surface area (Å²) in [6.45, 7) is 3.72. The Balaban J connectivity index is 2.60. The quantitative estimate of drug-likeness (QED) is 0.765. The minimum atomic E-state index is -0.912. The highest BCUT2D eigenvalue weighted by molar-refractivity contribution is 5.82. The minimum Gasteiger partial charge on any atom is -0.480 e. The monoisotopic (exact) mass is 272 g/mol. The van der Waals surface area contributed by atoms with Crippen LogP contribution in [0.15, 0.2) is 0 Å². The molecule has 6 nitrogen and oxygen atoms in total. The van der Waals surface area contributed by atoms with Gasteiger partial charge in [0.05, 0.1) is 0 Å². The number of ether oxygens (including phenoxy) is 1. The van der Waals surface area contributed by atoms with Gasteiger partial charge in [-0.25, -0.2) is 9.59 Å². The van der Waals surface area contributed by atoms with Crippen LogP contribution < -0.4 is 0 Å². The lowest BCUT2D eigenvalue weighted by Gasteiger charge is -2.38. The van der Waals surface area contributed by atoms with Gasteiger partial charge in [0.15, 0.2) is 0 Å². The highest BCUT2D eigenvalue weighted by atomic mass is 16.5. The van der Waals surface area contributed by atoms with Crippen molar-refractivity contribution in [2.24, 2.45) is 5.92 Å². The summed E-state index contributed by atoms with van der Waals surface area (Å²) in [7, 11) is 3.32. The van der Waals surface area contributed by atoms with E-state index in [1.54, 1.807) is 19.1 Å². The molecular weight excluding hydrogens is 248 g/mol. The van der Waals surface area contributed by atoms with Crippen LogP contribution in [0.2, 0.25) is 0 Å². The summed E-state index contributed by atoms with van der Waals surface area (Å²) in [5, 5.41) is 9.24. The molecule has 2 amide bonds. The number of carboxylic acid groups (broad SMARTS) is 1. The second-order valence-electron chi connectivity index (χ2n) is 5.23. The van der Waals surface area contributed by atoms with E-state index >= 15 is 0 Å². The van der Waals surface area contributed by atoms with E-state index in [-0.39, 0.29) is 6.03 Å². The van der Waals surface area contributed by atoms with Crippen LogP contribution in [0.25, 0.3) is 0 Å². The van der Waals surface area contributed by atoms with E-state index in [1.165, 1.54) is 4.90 Å². The van der Waals surface area contributed by atoms with Gasteiger partial charge in [-0.2, -0.15) is 0 Å². The Hall–Kier alpha value is -1.30. The summed E-state index contributed by atoms with van der Waals surface area (Å²) >= 11 is 0. The molecule has 6 heteroatoms. The Kier molecular flexibility index (Phi) is 6.08. The summed E-state index contributed by atoms with van der Waals surface area (Å²) in [5.74, 6) is -0.561. The van der Waals surface area contributed by atoms with Gasteiger partial charge >= 0.3 is 12.0 Å². The lowest BCUT2D eigenvalue weighted by Crippen LogP contribution is -2.53. The minimum absolute atomic E-state index is 0.199. The number of amides is 2. The van der Waals surface area contributed by atoms with Crippen LogP contribution in [-0.4, -0.2) is 66.8 Å². The molecule has 0 bridgehead atoms. The van der Waals surface area contributed by atoms with Gasteiger partial charge in [0.1, 0.15) is 6.04 Å². The number of carbonyl (C=O) groups is 2. The summed E-state index contributed by atoms with van der Waals surface area (Å²) in [5.41, 5.74) is 0. The molecule has 19 heavy (non-hydrogen) atoms. The van der Waals surface area contributed by atoms with Crippen LogP contribution >= 0.6 is 0 Å². The van der Waals surface area contributed by atoms with E-state index < -0.39 is 12.0 Å². The van der Waals surface area contributed by atoms with Crippen molar-refractivity contribution in [3.63, 3.8) is 0 Å². The van der Waals surface area contributed by atoms with Gasteiger partial charge in [-0.1, -0.05) is 6.92 Å². The molecule has 1 saturated heterocycles. The van der Waals surface area contributed by atoms with Gasteiger partial charge in [0.2, 0.25) is 0 Å². The molecule has 0 aromatic carbocycles. The zero-order valence-electron chi connectivity index (χ0n) is 12.0. The molecule has 1 rings (SSSR count). The predicted molar refractivity (Wildman–Crippen MR) is 71.0 cm³/mol. The first-order chi connectivity index (χ1) is 8.97. The number of likely N-dealkylation sites (tertiary alicyclic amines) is 1. The largest absolute Gasteiger partial charge is 0.480 e. The summed E-state index contributed by atoms with van der Waals surface area (Å²) < 4.78 is 4.95. The highest BCUT2D eigenvalue weighted by Crippen LogP contribution is 2.23. The summed E-state index contributed by atoms with van der Waals surface area (Å²) in [4.78, 5) is 26.6. The SMILES string of the molecule is COCCCN(C)C(=O)N1CCC(C)CC1C(=O)O. The normalized spacial score (nSPS) is 23.2. The van der Waals surface area contributed by atoms with Crippen molar-refractivity contribution in [3.05, 3.63) is 0 Å². The molecule has 0 spiro atoms. The van der Waals surface area contributed by atoms with Crippen LogP contribution in [-0.2, 0) is 9.53 Å². The molecule has 0 aromatic rings. The molecule has 1 aliphatic rings. The van der Waals surface area contributed by atoms with E-state index in [4.69, 9.17) is 4.74 Å². The fourth-order valence-electron chi connectivity index (χ4n) is 2.37. The number of carbonyl (C=O) groups excluding carboxylic acids is 1. The van der Waals surface area contributed by atoms with E-state index in [0.717, 1.165) is 12.8 Å². The van der Waals surface area contributed by atoms with E-state index in [1.807, 2.05) is 6.92 Å². The smallest absolute Gasteiger partial charge is 0.326 e. The third-order valence-corrected chi connectivity index (χ3v) is 3.56. The number of hydrogen-bond donors (Lipinski definition) is 1. The molecule has 0 saturated carbocycles. The fourth-order valence-corrected chi connectivity index (χ4v) is 2.37. The van der Waals surface area contributed by atoms with Gasteiger partial charge < -0.3 is 19.6 Å². The molecular formula is C13H24N2O4. The molecule has 1 aliphatic heterocycles. The molecule has 1 fully saturated rings. The van der Waals surface area contributed by atoms with Crippen LogP contribution in [0.5, 0.6) is 0 Å². The standard InChI is InChI=1S/C13H24N2O4/c1-10-5-7-15(11(9-10)12(16)17)13(18)14(2)6-4-8-19-3/h10-11H,4-9H2,1-3H3,(H,16,17). The first kappa shape index (κ1) is 15.8. The number of nitrogens with zero attached hydrogens (tertiary/aromatic N) is 2. The van der Waals surface area contributed by atoms with Gasteiger partial charge in [0.25, 0.3) is 0 Å². The summed E-state index contributed by atoms with van der Waals surface area (Å²) in [6.07, 6.45) is 2.15. The second kappa shape index (κ2) is 7.33. The average molecular weight is 272 g/mol. The van der Waals surface area contributed by atoms with Crippen LogP contribution in [0, 0.1) is 5.92 Å². The number of carboxylic acids is 1. The molecule has 110 valence electrons. The Labute approximate surface area is 114 Å². The van der Waals surface area contributed by atoms with E-state index in [9.17, 15) is 14.7 Å². The third-order valence-electron chi connectivity index (χ3n) is 3.56. The zero-order valence-corrected chi connectivity index (χ0v) is 12.0. The Bertz CT molecular complexity index is 322. The van der Waals surface area contributed by atoms with Crippen LogP contribution in [0.3, 0.4) is 0 Å². The van der Waals surface area contributed by atoms with Crippen molar-refractivity contribution in [1.29, 1.82) is 0 Å². The van der Waals surface area contributed by atoms with Crippen molar-refractivity contribution in [2.75, 3.05) is 33.9 Å². The van der Waals surface area contributed by atoms with Crippen LogP contribution in [0.1, 0.15) is 26.2 Å². The molecule has 2 unspecified atom stereocenters. The molecule has 0 aromatic heterocycles. The highest BCUT2D eigenvalue weighted by Gasteiger charge is 2.35. The number of aliphatic carboxylic acids is 1. The number of methoxy groups -OCH3 is 1. The molecule has 0 aliphatic carbocycles. The van der Waals surface area contributed by atoms with Crippen molar-refractivity contribution < 1.29 is 19.4 Å². The number of rotatable bonds is 5. The van der Waals surface area contributed by atoms with Gasteiger partial charge in [-0.3, -0.25) is 0 Å². The van der Waals surface area contributed by atoms with E-state index in [0.29, 0.717) is 32.0 Å². The van der Waals surface area contributed by atoms with Crippen molar-refractivity contribution in [3.8, 4) is 0 Å².